The Morgan fingerprint density at radius 2 is 0.868 bits per heavy atom. The van der Waals surface area contributed by atoms with E-state index in [-0.39, 0.29) is 112 Å². The zero-order valence-corrected chi connectivity index (χ0v) is 30.7. The summed E-state index contributed by atoms with van der Waals surface area (Å²) in [5, 5.41) is 5.04. The third-order valence-electron chi connectivity index (χ3n) is 5.86. The number of nitrogens with zero attached hydrogens (tertiary/aromatic N) is 1. The summed E-state index contributed by atoms with van der Waals surface area (Å²) in [4.78, 5) is 83.0. The summed E-state index contributed by atoms with van der Waals surface area (Å²) in [7, 11) is 5.26. The first kappa shape index (κ1) is 49.3. The minimum Gasteiger partial charge on any atom is -0.463 e. The van der Waals surface area contributed by atoms with Crippen molar-refractivity contribution in [3.63, 3.8) is 0 Å². The Morgan fingerprint density at radius 1 is 0.472 bits per heavy atom. The van der Waals surface area contributed by atoms with Crippen molar-refractivity contribution in [2.45, 2.75) is 26.7 Å². The predicted molar refractivity (Wildman–Crippen MR) is 183 cm³/mol. The molecule has 53 heavy (non-hydrogen) atoms. The quantitative estimate of drug-likeness (QED) is 0.0322. The van der Waals surface area contributed by atoms with E-state index in [2.05, 4.69) is 10.6 Å². The Morgan fingerprint density at radius 3 is 1.26 bits per heavy atom. The maximum Gasteiger partial charge on any atom is 0.407 e. The van der Waals surface area contributed by atoms with Gasteiger partial charge in [0.1, 0.15) is 52.9 Å². The number of hydrogen-bond donors (Lipinski definition) is 2. The van der Waals surface area contributed by atoms with Crippen LogP contribution in [-0.2, 0) is 71.3 Å². The molecule has 0 aliphatic carbocycles. The average molecular weight is 764 g/mol. The molecule has 2 amide bonds. The highest BCUT2D eigenvalue weighted by Gasteiger charge is 2.13. The fraction of sp³-hybridized carbons (Fsp3) is 0.781. The van der Waals surface area contributed by atoms with Gasteiger partial charge in [0.2, 0.25) is 0 Å². The minimum atomic E-state index is -0.745. The molecule has 2 N–H and O–H groups in total. The smallest absolute Gasteiger partial charge is 0.407 e. The lowest BCUT2D eigenvalue weighted by molar-refractivity contribution is -0.150. The van der Waals surface area contributed by atoms with Crippen LogP contribution in [0.1, 0.15) is 26.7 Å². The van der Waals surface area contributed by atoms with Crippen molar-refractivity contribution < 1.29 is 80.9 Å². The standard InChI is InChI=1S/C32H54BN3O17/c1-3-9-52-31(42)34-5-11-44-15-17-46-20-26(37)22-48-24-29(40)50-13-7-36(19-28(33)39)8-14-51-30(41)25-49-23-27(38)21-47-18-16-45-12-6-35-32(43)53-10-4-2/h3-25H2,1-2H3,(H,34,42)(H,35,43). The summed E-state index contributed by atoms with van der Waals surface area (Å²) in [6.07, 6.45) is 0.420. The van der Waals surface area contributed by atoms with E-state index >= 15 is 0 Å². The van der Waals surface area contributed by atoms with Crippen LogP contribution in [0.2, 0.25) is 0 Å². The van der Waals surface area contributed by atoms with E-state index in [0.717, 1.165) is 12.8 Å². The molecule has 0 rings (SSSR count). The number of Topliss-reactive ketones (excluding diaryl/α,β-unsaturated/α-hetero) is 2. The van der Waals surface area contributed by atoms with Crippen molar-refractivity contribution in [1.82, 2.24) is 15.5 Å². The summed E-state index contributed by atoms with van der Waals surface area (Å²) in [5.41, 5.74) is -0.656. The van der Waals surface area contributed by atoms with E-state index in [1.165, 1.54) is 4.90 Å². The summed E-state index contributed by atoms with van der Waals surface area (Å²) in [6, 6.07) is 0. The Bertz CT molecular complexity index is 981. The van der Waals surface area contributed by atoms with Crippen molar-refractivity contribution in [3.8, 4) is 0 Å². The van der Waals surface area contributed by atoms with Gasteiger partial charge in [-0.25, -0.2) is 19.2 Å². The third-order valence-corrected chi connectivity index (χ3v) is 5.86. The van der Waals surface area contributed by atoms with Crippen LogP contribution in [0, 0.1) is 0 Å². The van der Waals surface area contributed by atoms with E-state index in [1.54, 1.807) is 0 Å². The van der Waals surface area contributed by atoms with E-state index in [0.29, 0.717) is 13.2 Å². The van der Waals surface area contributed by atoms with Crippen LogP contribution < -0.4 is 10.6 Å². The highest BCUT2D eigenvalue weighted by Crippen LogP contribution is 1.94. The molecule has 302 valence electrons. The maximum absolute atomic E-state index is 11.9. The van der Waals surface area contributed by atoms with Gasteiger partial charge in [0, 0.05) is 32.7 Å². The third kappa shape index (κ3) is 35.1. The monoisotopic (exact) mass is 763 g/mol. The predicted octanol–water partition coefficient (Wildman–Crippen LogP) is -1.42. The molecule has 0 heterocycles. The molecule has 20 nitrogen and oxygen atoms in total. The molecule has 2 radical (unpaired) electrons. The van der Waals surface area contributed by atoms with Crippen LogP contribution in [0.25, 0.3) is 0 Å². The molecule has 0 bridgehead atoms. The molecule has 0 spiro atoms. The first-order chi connectivity index (χ1) is 25.6. The molecule has 0 aromatic rings. The number of alkyl carbamates (subject to hydrolysis) is 2. The second-order valence-corrected chi connectivity index (χ2v) is 10.7. The minimum absolute atomic E-state index is 0.0840. The van der Waals surface area contributed by atoms with Crippen LogP contribution in [0.5, 0.6) is 0 Å². The van der Waals surface area contributed by atoms with Crippen molar-refractivity contribution >= 4 is 49.2 Å². The van der Waals surface area contributed by atoms with Gasteiger partial charge in [-0.2, -0.15) is 0 Å². The Labute approximate surface area is 310 Å². The summed E-state index contributed by atoms with van der Waals surface area (Å²) in [6.45, 7) is 3.64. The van der Waals surface area contributed by atoms with Crippen LogP contribution in [0.3, 0.4) is 0 Å². The largest absolute Gasteiger partial charge is 0.463 e. The summed E-state index contributed by atoms with van der Waals surface area (Å²) < 4.78 is 50.7. The molecule has 21 heteroatoms. The number of carbonyl (C=O) groups excluding carboxylic acids is 7. The van der Waals surface area contributed by atoms with Gasteiger partial charge in [-0.3, -0.25) is 14.5 Å². The molecule has 0 atom stereocenters. The maximum atomic E-state index is 11.9. The van der Waals surface area contributed by atoms with Crippen LogP contribution in [-0.4, -0.2) is 193 Å². The fourth-order valence-corrected chi connectivity index (χ4v) is 3.48. The van der Waals surface area contributed by atoms with Gasteiger partial charge in [-0.1, -0.05) is 13.8 Å². The van der Waals surface area contributed by atoms with Crippen molar-refractivity contribution in [3.05, 3.63) is 0 Å². The highest BCUT2D eigenvalue weighted by atomic mass is 16.6. The summed E-state index contributed by atoms with van der Waals surface area (Å²) in [5.74, 6) is -2.30. The van der Waals surface area contributed by atoms with Crippen LogP contribution in [0.15, 0.2) is 0 Å². The van der Waals surface area contributed by atoms with E-state index in [4.69, 9.17) is 55.2 Å². The molecule has 0 aliphatic heterocycles. The van der Waals surface area contributed by atoms with Gasteiger partial charge in [0.15, 0.2) is 19.4 Å². The van der Waals surface area contributed by atoms with Gasteiger partial charge < -0.3 is 62.8 Å². The molecule has 0 saturated carbocycles. The highest BCUT2D eigenvalue weighted by molar-refractivity contribution is 6.58. The van der Waals surface area contributed by atoms with Crippen LogP contribution >= 0.6 is 0 Å². The van der Waals surface area contributed by atoms with Crippen molar-refractivity contribution in [2.75, 3.05) is 138 Å². The normalized spacial score (nSPS) is 10.8. The van der Waals surface area contributed by atoms with E-state index < -0.39 is 54.6 Å². The number of ether oxygens (including phenoxy) is 10. The molecular formula is C32H54BN3O17. The average Bonchev–Trinajstić information content (AvgIpc) is 3.11. The van der Waals surface area contributed by atoms with Gasteiger partial charge >= 0.3 is 24.1 Å². The van der Waals surface area contributed by atoms with Gasteiger partial charge in [-0.05, 0) is 12.8 Å². The van der Waals surface area contributed by atoms with Gasteiger partial charge in [-0.15, -0.1) is 0 Å². The number of nitrogens with one attached hydrogen (secondary N) is 2. The number of esters is 2. The zero-order chi connectivity index (χ0) is 39.4. The number of carbonyl (C=O) groups is 7. The second kappa shape index (κ2) is 35.3. The Kier molecular flexibility index (Phi) is 32.8. The number of rotatable bonds is 36. The first-order valence-electron chi connectivity index (χ1n) is 17.2. The molecule has 0 saturated heterocycles. The lowest BCUT2D eigenvalue weighted by Gasteiger charge is -2.20. The van der Waals surface area contributed by atoms with Crippen molar-refractivity contribution in [1.29, 1.82) is 0 Å². The molecule has 0 aromatic heterocycles. The molecule has 0 aliphatic rings. The van der Waals surface area contributed by atoms with Crippen LogP contribution in [0.4, 0.5) is 9.59 Å². The summed E-state index contributed by atoms with van der Waals surface area (Å²) >= 11 is 0. The second-order valence-electron chi connectivity index (χ2n) is 10.7. The Hall–Kier alpha value is -3.73. The molecule has 0 fully saturated rings. The number of ketones is 2. The molecule has 0 unspecified atom stereocenters. The zero-order valence-electron chi connectivity index (χ0n) is 30.7. The lowest BCUT2D eigenvalue weighted by atomic mass is 10.0. The van der Waals surface area contributed by atoms with E-state index in [1.807, 2.05) is 13.8 Å². The SMILES string of the molecule is [B]C(=O)CN(CCOC(=O)COCC(=O)COCCOCCNC(=O)OCCC)CCOC(=O)COCC(=O)COCCOCCNC(=O)OCCC. The van der Waals surface area contributed by atoms with Gasteiger partial charge in [0.05, 0.1) is 58.5 Å². The molecule has 0 aromatic carbocycles. The van der Waals surface area contributed by atoms with Gasteiger partial charge in [0.25, 0.3) is 0 Å². The number of hydrogen-bond acceptors (Lipinski definition) is 18. The number of amides is 2. The topological polar surface area (TPSA) is 239 Å². The lowest BCUT2D eigenvalue weighted by Crippen LogP contribution is -2.36. The first-order valence-corrected chi connectivity index (χ1v) is 17.2. The van der Waals surface area contributed by atoms with Crippen molar-refractivity contribution in [2.24, 2.45) is 0 Å². The molecular weight excluding hydrogens is 709 g/mol. The fourth-order valence-electron chi connectivity index (χ4n) is 3.48. The Balaban J connectivity index is 3.89. The van der Waals surface area contributed by atoms with E-state index in [9.17, 15) is 33.6 Å².